The first-order valence-electron chi connectivity index (χ1n) is 8.24. The topological polar surface area (TPSA) is 90.4 Å². The summed E-state index contributed by atoms with van der Waals surface area (Å²) in [5, 5.41) is 13.6. The van der Waals surface area contributed by atoms with Gasteiger partial charge in [-0.2, -0.15) is 5.10 Å². The predicted molar refractivity (Wildman–Crippen MR) is 98.8 cm³/mol. The molecule has 6 nitrogen and oxygen atoms in total. The molecule has 3 rings (SSSR count). The van der Waals surface area contributed by atoms with Gasteiger partial charge < -0.3 is 9.84 Å². The van der Waals surface area contributed by atoms with Gasteiger partial charge in [0, 0.05) is 11.8 Å². The summed E-state index contributed by atoms with van der Waals surface area (Å²) in [7, 11) is 0. The third-order valence-corrected chi connectivity index (χ3v) is 4.20. The molecule has 3 aromatic rings. The molecular formula is C20H21N3O3. The number of nitrogens with two attached hydrogens (primary N) is 1. The lowest BCUT2D eigenvalue weighted by Gasteiger charge is -2.20. The molecule has 0 aliphatic heterocycles. The largest absolute Gasteiger partial charge is 0.478 e. The average molecular weight is 351 g/mol. The van der Waals surface area contributed by atoms with Gasteiger partial charge in [0.05, 0.1) is 18.0 Å². The number of aliphatic carboxylic acids is 1. The van der Waals surface area contributed by atoms with Crippen LogP contribution in [0.1, 0.15) is 18.1 Å². The molecule has 0 amide bonds. The van der Waals surface area contributed by atoms with Crippen molar-refractivity contribution in [2.45, 2.75) is 26.2 Å². The van der Waals surface area contributed by atoms with Gasteiger partial charge in [0.15, 0.2) is 0 Å². The average Bonchev–Trinajstić information content (AvgIpc) is 3.11. The number of ether oxygens (including phenoxy) is 1. The summed E-state index contributed by atoms with van der Waals surface area (Å²) in [6.45, 7) is 3.41. The highest BCUT2D eigenvalue weighted by Crippen LogP contribution is 2.23. The molecule has 1 heterocycles. The molecule has 3 N–H and O–H groups in total. The quantitative estimate of drug-likeness (QED) is 0.666. The van der Waals surface area contributed by atoms with E-state index >= 15 is 0 Å². The van der Waals surface area contributed by atoms with E-state index in [1.54, 1.807) is 0 Å². The molecule has 26 heavy (non-hydrogen) atoms. The lowest BCUT2D eigenvalue weighted by molar-refractivity contribution is -0.164. The number of carboxylic acid groups (broad SMARTS) is 1. The summed E-state index contributed by atoms with van der Waals surface area (Å²) in [5.74, 6) is -1.20. The molecule has 0 aliphatic rings. The standard InChI is InChI=1S/C20H21N3O3/c1-14-12-15(8-9-16(14)13-26-20(2,21)19(24)25)18-10-11-23(22-18)17-6-4-3-5-7-17/h3-12H,13,21H2,1-2H3,(H,24,25). The maximum atomic E-state index is 11.0. The monoisotopic (exact) mass is 351 g/mol. The summed E-state index contributed by atoms with van der Waals surface area (Å²) < 4.78 is 7.15. The molecule has 0 radical (unpaired) electrons. The van der Waals surface area contributed by atoms with Crippen LogP contribution in [0.4, 0.5) is 0 Å². The third-order valence-electron chi connectivity index (χ3n) is 4.20. The van der Waals surface area contributed by atoms with Crippen LogP contribution in [0.5, 0.6) is 0 Å². The minimum Gasteiger partial charge on any atom is -0.478 e. The Kier molecular flexibility index (Phi) is 4.88. The molecule has 0 saturated carbocycles. The zero-order valence-corrected chi connectivity index (χ0v) is 14.7. The minimum absolute atomic E-state index is 0.129. The van der Waals surface area contributed by atoms with E-state index in [9.17, 15) is 4.79 Å². The number of benzene rings is 2. The molecule has 0 bridgehead atoms. The molecule has 1 atom stereocenters. The van der Waals surface area contributed by atoms with E-state index in [2.05, 4.69) is 5.10 Å². The highest BCUT2D eigenvalue weighted by molar-refractivity contribution is 5.75. The predicted octanol–water partition coefficient (Wildman–Crippen LogP) is 3.12. The van der Waals surface area contributed by atoms with Gasteiger partial charge in [0.1, 0.15) is 0 Å². The van der Waals surface area contributed by atoms with Crippen LogP contribution in [0.3, 0.4) is 0 Å². The number of hydrogen-bond donors (Lipinski definition) is 2. The first-order chi connectivity index (χ1) is 12.4. The lowest BCUT2D eigenvalue weighted by atomic mass is 10.0. The fraction of sp³-hybridized carbons (Fsp3) is 0.200. The summed E-state index contributed by atoms with van der Waals surface area (Å²) in [6.07, 6.45) is 1.92. The number of para-hydroxylation sites is 1. The summed E-state index contributed by atoms with van der Waals surface area (Å²) in [4.78, 5) is 11.0. The number of hydrogen-bond acceptors (Lipinski definition) is 4. The molecule has 0 fully saturated rings. The Balaban J connectivity index is 1.78. The van der Waals surface area contributed by atoms with E-state index in [1.807, 2.05) is 72.4 Å². The Morgan fingerprint density at radius 1 is 1.23 bits per heavy atom. The van der Waals surface area contributed by atoms with Gasteiger partial charge in [0.25, 0.3) is 0 Å². The van der Waals surface area contributed by atoms with Gasteiger partial charge in [0.2, 0.25) is 5.72 Å². The number of rotatable bonds is 6. The van der Waals surface area contributed by atoms with Gasteiger partial charge >= 0.3 is 5.97 Å². The third kappa shape index (κ3) is 3.82. The molecule has 0 spiro atoms. The Bertz CT molecular complexity index is 917. The maximum Gasteiger partial charge on any atom is 0.350 e. The van der Waals surface area contributed by atoms with Crippen LogP contribution in [0, 0.1) is 6.92 Å². The Morgan fingerprint density at radius 3 is 2.62 bits per heavy atom. The zero-order valence-electron chi connectivity index (χ0n) is 14.7. The van der Waals surface area contributed by atoms with Gasteiger partial charge in [-0.3, -0.25) is 5.73 Å². The van der Waals surface area contributed by atoms with Crippen molar-refractivity contribution < 1.29 is 14.6 Å². The highest BCUT2D eigenvalue weighted by atomic mass is 16.5. The van der Waals surface area contributed by atoms with Crippen molar-refractivity contribution in [3.63, 3.8) is 0 Å². The first kappa shape index (κ1) is 17.8. The van der Waals surface area contributed by atoms with Crippen molar-refractivity contribution in [2.75, 3.05) is 0 Å². The second-order valence-electron chi connectivity index (χ2n) is 6.32. The van der Waals surface area contributed by atoms with Gasteiger partial charge in [-0.05, 0) is 49.2 Å². The van der Waals surface area contributed by atoms with Crippen LogP contribution in [-0.4, -0.2) is 26.6 Å². The first-order valence-corrected chi connectivity index (χ1v) is 8.24. The van der Waals surface area contributed by atoms with E-state index < -0.39 is 11.7 Å². The van der Waals surface area contributed by atoms with Crippen molar-refractivity contribution >= 4 is 5.97 Å². The van der Waals surface area contributed by atoms with Crippen LogP contribution in [-0.2, 0) is 16.1 Å². The van der Waals surface area contributed by atoms with E-state index in [-0.39, 0.29) is 6.61 Å². The summed E-state index contributed by atoms with van der Waals surface area (Å²) >= 11 is 0. The molecule has 2 aromatic carbocycles. The van der Waals surface area contributed by atoms with Crippen molar-refractivity contribution in [1.82, 2.24) is 9.78 Å². The molecule has 0 aliphatic carbocycles. The van der Waals surface area contributed by atoms with E-state index in [4.69, 9.17) is 15.6 Å². The minimum atomic E-state index is -1.71. The SMILES string of the molecule is Cc1cc(-c2ccn(-c3ccccc3)n2)ccc1COC(C)(N)C(=O)O. The zero-order chi connectivity index (χ0) is 18.7. The fourth-order valence-corrected chi connectivity index (χ4v) is 2.51. The highest BCUT2D eigenvalue weighted by Gasteiger charge is 2.28. The number of aromatic nitrogens is 2. The van der Waals surface area contributed by atoms with Crippen LogP contribution in [0.2, 0.25) is 0 Å². The van der Waals surface area contributed by atoms with Crippen LogP contribution >= 0.6 is 0 Å². The number of aryl methyl sites for hydroxylation is 1. The maximum absolute atomic E-state index is 11.0. The number of nitrogens with zero attached hydrogens (tertiary/aromatic N) is 2. The molecule has 1 aromatic heterocycles. The van der Waals surface area contributed by atoms with Gasteiger partial charge in [-0.15, -0.1) is 0 Å². The summed E-state index contributed by atoms with van der Waals surface area (Å²) in [5.41, 5.74) is 8.60. The van der Waals surface area contributed by atoms with Crippen LogP contribution in [0.15, 0.2) is 60.8 Å². The van der Waals surface area contributed by atoms with Gasteiger partial charge in [-0.1, -0.05) is 30.3 Å². The summed E-state index contributed by atoms with van der Waals surface area (Å²) in [6, 6.07) is 17.7. The molecule has 6 heteroatoms. The van der Waals surface area contributed by atoms with E-state index in [0.717, 1.165) is 28.1 Å². The number of carbonyl (C=O) groups is 1. The van der Waals surface area contributed by atoms with Crippen LogP contribution < -0.4 is 5.73 Å². The lowest BCUT2D eigenvalue weighted by Crippen LogP contribution is -2.47. The number of carboxylic acids is 1. The van der Waals surface area contributed by atoms with Crippen molar-refractivity contribution in [1.29, 1.82) is 0 Å². The van der Waals surface area contributed by atoms with Crippen molar-refractivity contribution in [3.05, 3.63) is 71.9 Å². The molecule has 1 unspecified atom stereocenters. The Labute approximate surface area is 151 Å². The van der Waals surface area contributed by atoms with E-state index in [0.29, 0.717) is 0 Å². The van der Waals surface area contributed by atoms with Gasteiger partial charge in [-0.25, -0.2) is 9.48 Å². The van der Waals surface area contributed by atoms with Crippen LogP contribution in [0.25, 0.3) is 16.9 Å². The molecular weight excluding hydrogens is 330 g/mol. The van der Waals surface area contributed by atoms with Crippen molar-refractivity contribution in [3.8, 4) is 16.9 Å². The molecule has 134 valence electrons. The smallest absolute Gasteiger partial charge is 0.350 e. The fourth-order valence-electron chi connectivity index (χ4n) is 2.51. The Morgan fingerprint density at radius 2 is 1.96 bits per heavy atom. The normalized spacial score (nSPS) is 13.3. The van der Waals surface area contributed by atoms with E-state index in [1.165, 1.54) is 6.92 Å². The second-order valence-corrected chi connectivity index (χ2v) is 6.32. The second kappa shape index (κ2) is 7.11. The Hall–Kier alpha value is -2.96. The van der Waals surface area contributed by atoms with Crippen molar-refractivity contribution in [2.24, 2.45) is 5.73 Å². The molecule has 0 saturated heterocycles.